The van der Waals surface area contributed by atoms with E-state index in [0.29, 0.717) is 11.2 Å². The van der Waals surface area contributed by atoms with Crippen molar-refractivity contribution in [2.75, 3.05) is 6.54 Å². The number of carbonyl (C=O) groups excluding carboxylic acids is 1. The van der Waals surface area contributed by atoms with Crippen molar-refractivity contribution in [3.63, 3.8) is 0 Å². The molecule has 0 N–H and O–H groups in total. The number of aromatic nitrogens is 5. The minimum atomic E-state index is 0.0234. The van der Waals surface area contributed by atoms with E-state index in [1.165, 1.54) is 0 Å². The van der Waals surface area contributed by atoms with E-state index in [2.05, 4.69) is 28.2 Å². The van der Waals surface area contributed by atoms with Crippen LogP contribution in [0.15, 0.2) is 24.5 Å². The van der Waals surface area contributed by atoms with Gasteiger partial charge >= 0.3 is 0 Å². The molecule has 4 rings (SSSR count). The van der Waals surface area contributed by atoms with Gasteiger partial charge in [0.1, 0.15) is 5.56 Å². The summed E-state index contributed by atoms with van der Waals surface area (Å²) in [4.78, 5) is 19.6. The maximum Gasteiger partial charge on any atom is 0.259 e. The highest BCUT2D eigenvalue weighted by Gasteiger charge is 2.33. The quantitative estimate of drug-likeness (QED) is 0.734. The van der Waals surface area contributed by atoms with E-state index >= 15 is 0 Å². The van der Waals surface area contributed by atoms with Gasteiger partial charge in [-0.05, 0) is 45.7 Å². The van der Waals surface area contributed by atoms with E-state index in [1.807, 2.05) is 35.7 Å². The van der Waals surface area contributed by atoms with Crippen LogP contribution in [0.5, 0.6) is 0 Å². The Kier molecular flexibility index (Phi) is 3.78. The van der Waals surface area contributed by atoms with Crippen LogP contribution in [0.3, 0.4) is 0 Å². The molecule has 0 aromatic carbocycles. The molecule has 1 amide bonds. The molecule has 1 fully saturated rings. The molecule has 4 heterocycles. The SMILES string of the molecule is Cc1cc(C)n(C[C@H]2CCCN2C(=O)c2c(C)nn3cccnc23)n1. The van der Waals surface area contributed by atoms with E-state index in [9.17, 15) is 4.79 Å². The van der Waals surface area contributed by atoms with E-state index in [4.69, 9.17) is 0 Å². The minimum Gasteiger partial charge on any atom is -0.334 e. The Morgan fingerprint density at radius 2 is 2.12 bits per heavy atom. The van der Waals surface area contributed by atoms with Gasteiger partial charge < -0.3 is 4.90 Å². The summed E-state index contributed by atoms with van der Waals surface area (Å²) in [7, 11) is 0. The highest BCUT2D eigenvalue weighted by molar-refractivity contribution is 6.01. The molecule has 0 saturated carbocycles. The van der Waals surface area contributed by atoms with Gasteiger partial charge in [0.05, 0.1) is 24.0 Å². The van der Waals surface area contributed by atoms with Gasteiger partial charge in [0.25, 0.3) is 5.91 Å². The fourth-order valence-electron chi connectivity index (χ4n) is 3.74. The van der Waals surface area contributed by atoms with E-state index in [-0.39, 0.29) is 11.9 Å². The number of fused-ring (bicyclic) bond motifs is 1. The second kappa shape index (κ2) is 5.98. The third kappa shape index (κ3) is 2.69. The van der Waals surface area contributed by atoms with Crippen molar-refractivity contribution in [2.24, 2.45) is 0 Å². The summed E-state index contributed by atoms with van der Waals surface area (Å²) in [5.74, 6) is 0.0234. The Morgan fingerprint density at radius 3 is 2.88 bits per heavy atom. The van der Waals surface area contributed by atoms with Crippen LogP contribution in [-0.2, 0) is 6.54 Å². The first-order valence-electron chi connectivity index (χ1n) is 8.66. The van der Waals surface area contributed by atoms with Crippen molar-refractivity contribution in [2.45, 2.75) is 46.2 Å². The fourth-order valence-corrected chi connectivity index (χ4v) is 3.74. The zero-order chi connectivity index (χ0) is 17.6. The average molecular weight is 338 g/mol. The molecule has 25 heavy (non-hydrogen) atoms. The van der Waals surface area contributed by atoms with Crippen LogP contribution in [0.25, 0.3) is 5.65 Å². The fraction of sp³-hybridized carbons (Fsp3) is 0.444. The van der Waals surface area contributed by atoms with Gasteiger partial charge in [-0.25, -0.2) is 9.50 Å². The van der Waals surface area contributed by atoms with Gasteiger partial charge in [0.15, 0.2) is 5.65 Å². The number of rotatable bonds is 3. The van der Waals surface area contributed by atoms with Gasteiger partial charge in [-0.3, -0.25) is 9.48 Å². The lowest BCUT2D eigenvalue weighted by Gasteiger charge is -2.25. The first kappa shape index (κ1) is 15.8. The highest BCUT2D eigenvalue weighted by atomic mass is 16.2. The van der Waals surface area contributed by atoms with Crippen molar-refractivity contribution in [1.29, 1.82) is 0 Å². The third-order valence-electron chi connectivity index (χ3n) is 4.91. The molecule has 130 valence electrons. The minimum absolute atomic E-state index is 0.0234. The van der Waals surface area contributed by atoms with Crippen LogP contribution < -0.4 is 0 Å². The average Bonchev–Trinajstić information content (AvgIpc) is 3.24. The van der Waals surface area contributed by atoms with Crippen LogP contribution in [0.4, 0.5) is 0 Å². The van der Waals surface area contributed by atoms with Gasteiger partial charge in [-0.15, -0.1) is 0 Å². The molecule has 0 spiro atoms. The van der Waals surface area contributed by atoms with Crippen LogP contribution in [0.2, 0.25) is 0 Å². The second-order valence-corrected chi connectivity index (χ2v) is 6.75. The summed E-state index contributed by atoms with van der Waals surface area (Å²) >= 11 is 0. The predicted octanol–water partition coefficient (Wildman–Crippen LogP) is 2.16. The van der Waals surface area contributed by atoms with Crippen molar-refractivity contribution < 1.29 is 4.79 Å². The number of carbonyl (C=O) groups is 1. The lowest BCUT2D eigenvalue weighted by Crippen LogP contribution is -2.38. The monoisotopic (exact) mass is 338 g/mol. The molecule has 0 bridgehead atoms. The summed E-state index contributed by atoms with van der Waals surface area (Å²) in [6.07, 6.45) is 5.53. The molecule has 3 aromatic rings. The first-order chi connectivity index (χ1) is 12.0. The number of likely N-dealkylation sites (tertiary alicyclic amines) is 1. The van der Waals surface area contributed by atoms with Gasteiger partial charge in [0.2, 0.25) is 0 Å². The van der Waals surface area contributed by atoms with Crippen LogP contribution in [-0.4, -0.2) is 47.8 Å². The molecular weight excluding hydrogens is 316 g/mol. The zero-order valence-corrected chi connectivity index (χ0v) is 14.8. The molecule has 1 atom stereocenters. The van der Waals surface area contributed by atoms with Crippen molar-refractivity contribution in [3.8, 4) is 0 Å². The topological polar surface area (TPSA) is 68.3 Å². The molecule has 1 aliphatic heterocycles. The van der Waals surface area contributed by atoms with E-state index in [0.717, 1.165) is 43.0 Å². The Morgan fingerprint density at radius 1 is 1.28 bits per heavy atom. The second-order valence-electron chi connectivity index (χ2n) is 6.75. The Bertz CT molecular complexity index is 940. The Balaban J connectivity index is 1.64. The number of amides is 1. The lowest BCUT2D eigenvalue weighted by molar-refractivity contribution is 0.0722. The van der Waals surface area contributed by atoms with Crippen LogP contribution in [0.1, 0.15) is 40.3 Å². The van der Waals surface area contributed by atoms with E-state index < -0.39 is 0 Å². The largest absolute Gasteiger partial charge is 0.334 e. The smallest absolute Gasteiger partial charge is 0.259 e. The maximum atomic E-state index is 13.2. The zero-order valence-electron chi connectivity index (χ0n) is 14.8. The Labute approximate surface area is 146 Å². The summed E-state index contributed by atoms with van der Waals surface area (Å²) in [5.41, 5.74) is 4.10. The number of nitrogens with zero attached hydrogens (tertiary/aromatic N) is 6. The standard InChI is InChI=1S/C18H22N6O/c1-12-10-13(2)24(20-12)11-15-6-4-8-22(15)18(25)16-14(3)21-23-9-5-7-19-17(16)23/h5,7,9-10,15H,4,6,8,11H2,1-3H3/t15-/m1/s1. The third-order valence-corrected chi connectivity index (χ3v) is 4.91. The molecule has 1 aliphatic rings. The molecular formula is C18H22N6O. The predicted molar refractivity (Wildman–Crippen MR) is 93.5 cm³/mol. The summed E-state index contributed by atoms with van der Waals surface area (Å²) in [5, 5.41) is 8.97. The molecule has 7 heteroatoms. The Hall–Kier alpha value is -2.70. The normalized spacial score (nSPS) is 17.6. The molecule has 0 aliphatic carbocycles. The van der Waals surface area contributed by atoms with Crippen molar-refractivity contribution >= 4 is 11.6 Å². The van der Waals surface area contributed by atoms with E-state index in [1.54, 1.807) is 10.7 Å². The summed E-state index contributed by atoms with van der Waals surface area (Å²) < 4.78 is 3.68. The molecule has 1 saturated heterocycles. The molecule has 7 nitrogen and oxygen atoms in total. The molecule has 0 radical (unpaired) electrons. The van der Waals surface area contributed by atoms with Crippen molar-refractivity contribution in [1.82, 2.24) is 29.3 Å². The van der Waals surface area contributed by atoms with Gasteiger partial charge in [0, 0.05) is 24.6 Å². The number of hydrogen-bond acceptors (Lipinski definition) is 4. The van der Waals surface area contributed by atoms with Gasteiger partial charge in [-0.1, -0.05) is 0 Å². The van der Waals surface area contributed by atoms with Gasteiger partial charge in [-0.2, -0.15) is 10.2 Å². The number of hydrogen-bond donors (Lipinski definition) is 0. The summed E-state index contributed by atoms with van der Waals surface area (Å²) in [6.45, 7) is 7.42. The number of aryl methyl sites for hydroxylation is 3. The van der Waals surface area contributed by atoms with Crippen molar-refractivity contribution in [3.05, 3.63) is 47.2 Å². The highest BCUT2D eigenvalue weighted by Crippen LogP contribution is 2.24. The summed E-state index contributed by atoms with van der Waals surface area (Å²) in [6, 6.07) is 4.04. The maximum absolute atomic E-state index is 13.2. The lowest BCUT2D eigenvalue weighted by atomic mass is 10.1. The molecule has 3 aromatic heterocycles. The van der Waals surface area contributed by atoms with Crippen LogP contribution in [0, 0.1) is 20.8 Å². The molecule has 0 unspecified atom stereocenters. The van der Waals surface area contributed by atoms with Crippen LogP contribution >= 0.6 is 0 Å². The first-order valence-corrected chi connectivity index (χ1v) is 8.66.